The Hall–Kier alpha value is -1.71. The Balaban J connectivity index is 2.22. The molecule has 1 aromatic heterocycles. The van der Waals surface area contributed by atoms with E-state index in [1.165, 1.54) is 31.6 Å². The van der Waals surface area contributed by atoms with Gasteiger partial charge in [0.1, 0.15) is 16.1 Å². The summed E-state index contributed by atoms with van der Waals surface area (Å²) >= 11 is 0. The van der Waals surface area contributed by atoms with E-state index >= 15 is 0 Å². The maximum Gasteiger partial charge on any atom is 0.115 e. The van der Waals surface area contributed by atoms with Gasteiger partial charge in [-0.15, -0.1) is 0 Å². The summed E-state index contributed by atoms with van der Waals surface area (Å²) in [6, 6.07) is 27.2. The minimum absolute atomic E-state index is 0.0982. The first-order valence-electron chi connectivity index (χ1n) is 15.7. The third-order valence-electron chi connectivity index (χ3n) is 9.00. The fourth-order valence-corrected chi connectivity index (χ4v) is 17.4. The maximum atomic E-state index is 5.94. The quantitative estimate of drug-likeness (QED) is 0.160. The lowest BCUT2D eigenvalue weighted by molar-refractivity contribution is 0.714. The molecule has 0 spiro atoms. The molecule has 0 aliphatic heterocycles. The molecule has 4 aromatic rings. The Kier molecular flexibility index (Phi) is 9.46. The molecule has 6 heteroatoms. The summed E-state index contributed by atoms with van der Waals surface area (Å²) in [5, 5.41) is 6.02. The second-order valence-corrected chi connectivity index (χ2v) is 31.5. The first kappa shape index (κ1) is 34.2. The largest absolute Gasteiger partial charge is 0.244 e. The molecule has 0 saturated heterocycles. The van der Waals surface area contributed by atoms with Crippen molar-refractivity contribution >= 4 is 74.6 Å². The summed E-state index contributed by atoms with van der Waals surface area (Å²) in [5.41, 5.74) is 4.89. The van der Waals surface area contributed by atoms with E-state index in [0.717, 1.165) is 11.0 Å². The number of hydrogen-bond acceptors (Lipinski definition) is 2. The lowest BCUT2D eigenvalue weighted by Gasteiger charge is -2.43. The minimum Gasteiger partial charge on any atom is -0.244 e. The predicted octanol–water partition coefficient (Wildman–Crippen LogP) is 7.51. The summed E-state index contributed by atoms with van der Waals surface area (Å²) in [7, 11) is -5.34. The van der Waals surface area contributed by atoms with Crippen LogP contribution in [0.25, 0.3) is 11.0 Å². The second kappa shape index (κ2) is 11.9. The number of rotatable bonds is 6. The SMILES string of the molecule is CP(c1nc2c([Si](C)(C)c3ccccc3)ccc([Si](C)(C)c3ccccc3)c2nc1P(C(C)(C)C)C(C)(C)C)C(C)(C)C. The summed E-state index contributed by atoms with van der Waals surface area (Å²) in [6.07, 6.45) is 0. The molecule has 1 unspecified atom stereocenters. The Morgan fingerprint density at radius 1 is 0.488 bits per heavy atom. The molecule has 0 N–H and O–H groups in total. The van der Waals surface area contributed by atoms with Crippen molar-refractivity contribution in [3.8, 4) is 0 Å². The normalized spacial score (nSPS) is 14.4. The maximum absolute atomic E-state index is 5.94. The fraction of sp³-hybridized carbons (Fsp3) is 0.459. The number of nitrogens with zero attached hydrogens (tertiary/aromatic N) is 2. The van der Waals surface area contributed by atoms with Crippen LogP contribution in [0.3, 0.4) is 0 Å². The monoisotopic (exact) mass is 644 g/mol. The third kappa shape index (κ3) is 6.79. The zero-order valence-corrected chi connectivity index (χ0v) is 33.0. The van der Waals surface area contributed by atoms with Gasteiger partial charge >= 0.3 is 0 Å². The van der Waals surface area contributed by atoms with Gasteiger partial charge in [-0.05, 0) is 40.4 Å². The molecule has 0 bridgehead atoms. The zero-order valence-electron chi connectivity index (χ0n) is 29.2. The van der Waals surface area contributed by atoms with Crippen molar-refractivity contribution in [3.63, 3.8) is 0 Å². The minimum atomic E-state index is -2.09. The third-order valence-corrected chi connectivity index (χ3v) is 22.6. The van der Waals surface area contributed by atoms with Gasteiger partial charge in [-0.25, -0.2) is 9.97 Å². The van der Waals surface area contributed by atoms with Gasteiger partial charge in [0, 0.05) is 0 Å². The highest BCUT2D eigenvalue weighted by molar-refractivity contribution is 7.73. The molecule has 1 heterocycles. The Morgan fingerprint density at radius 2 is 0.837 bits per heavy atom. The van der Waals surface area contributed by atoms with E-state index < -0.39 is 32.0 Å². The first-order valence-corrected chi connectivity index (χ1v) is 24.8. The lowest BCUT2D eigenvalue weighted by Crippen LogP contribution is -2.57. The van der Waals surface area contributed by atoms with Gasteiger partial charge in [0.05, 0.1) is 21.9 Å². The fourth-order valence-electron chi connectivity index (χ4n) is 6.48. The molecular weight excluding hydrogens is 591 g/mol. The molecule has 0 aliphatic carbocycles. The molecule has 0 saturated carbocycles. The van der Waals surface area contributed by atoms with Gasteiger partial charge in [-0.2, -0.15) is 0 Å². The topological polar surface area (TPSA) is 25.8 Å². The molecule has 0 aliphatic rings. The van der Waals surface area contributed by atoms with Crippen LogP contribution in [0.4, 0.5) is 0 Å². The van der Waals surface area contributed by atoms with E-state index in [1.807, 2.05) is 0 Å². The van der Waals surface area contributed by atoms with Gasteiger partial charge in [-0.1, -0.05) is 180 Å². The highest BCUT2D eigenvalue weighted by Crippen LogP contribution is 2.59. The molecule has 1 atom stereocenters. The van der Waals surface area contributed by atoms with Crippen molar-refractivity contribution in [2.45, 2.75) is 104 Å². The standard InChI is InChI=1S/C37H54N2P2Si2/c1-35(2,3)40(10)33-34(41(36(4,5)6)37(7,8)9)39-32-30(43(13,14)28-23-19-16-20-24-28)26-25-29(31(32)38-33)42(11,12)27-21-17-15-18-22-27/h15-26H,1-14H3. The van der Waals surface area contributed by atoms with Crippen molar-refractivity contribution in [2.75, 3.05) is 6.66 Å². The van der Waals surface area contributed by atoms with Gasteiger partial charge < -0.3 is 0 Å². The highest BCUT2D eigenvalue weighted by atomic mass is 31.1. The first-order chi connectivity index (χ1) is 19.7. The van der Waals surface area contributed by atoms with E-state index in [1.54, 1.807) is 0 Å². The lowest BCUT2D eigenvalue weighted by atomic mass is 10.2. The second-order valence-electron chi connectivity index (χ2n) is 16.1. The summed E-state index contributed by atoms with van der Waals surface area (Å²) in [4.78, 5) is 11.8. The molecule has 2 nitrogen and oxygen atoms in total. The van der Waals surface area contributed by atoms with Crippen LogP contribution < -0.4 is 31.6 Å². The van der Waals surface area contributed by atoms with Crippen molar-refractivity contribution in [2.24, 2.45) is 0 Å². The number of benzene rings is 3. The molecule has 0 fully saturated rings. The Bertz CT molecular complexity index is 1570. The smallest absolute Gasteiger partial charge is 0.115 e. The van der Waals surface area contributed by atoms with Gasteiger partial charge in [0.2, 0.25) is 0 Å². The molecule has 0 radical (unpaired) electrons. The Labute approximate surface area is 267 Å². The van der Waals surface area contributed by atoms with E-state index in [2.05, 4.69) is 168 Å². The van der Waals surface area contributed by atoms with E-state index in [4.69, 9.17) is 9.97 Å². The van der Waals surface area contributed by atoms with Crippen LogP contribution in [-0.2, 0) is 0 Å². The number of fused-ring (bicyclic) bond motifs is 1. The van der Waals surface area contributed by atoms with Crippen LogP contribution in [0.1, 0.15) is 62.3 Å². The van der Waals surface area contributed by atoms with Crippen LogP contribution >= 0.6 is 15.8 Å². The molecule has 4 rings (SSSR count). The van der Waals surface area contributed by atoms with Crippen LogP contribution in [-0.4, -0.2) is 48.2 Å². The molecular formula is C37H54N2P2Si2. The number of hydrogen-bond donors (Lipinski definition) is 0. The summed E-state index contributed by atoms with van der Waals surface area (Å²) in [5.74, 6) is 0. The van der Waals surface area contributed by atoms with Crippen LogP contribution in [0.15, 0.2) is 72.8 Å². The number of aromatic nitrogens is 2. The van der Waals surface area contributed by atoms with Gasteiger partial charge in [-0.3, -0.25) is 0 Å². The Morgan fingerprint density at radius 3 is 1.16 bits per heavy atom. The van der Waals surface area contributed by atoms with Gasteiger partial charge in [0.15, 0.2) is 0 Å². The summed E-state index contributed by atoms with van der Waals surface area (Å²) in [6.45, 7) is 34.1. The van der Waals surface area contributed by atoms with Crippen molar-refractivity contribution in [1.82, 2.24) is 9.97 Å². The van der Waals surface area contributed by atoms with Crippen LogP contribution in [0.5, 0.6) is 0 Å². The zero-order chi connectivity index (χ0) is 32.2. The van der Waals surface area contributed by atoms with E-state index in [0.29, 0.717) is 0 Å². The van der Waals surface area contributed by atoms with E-state index in [9.17, 15) is 0 Å². The molecule has 230 valence electrons. The van der Waals surface area contributed by atoms with Gasteiger partial charge in [0.25, 0.3) is 0 Å². The van der Waals surface area contributed by atoms with E-state index in [-0.39, 0.29) is 15.5 Å². The highest BCUT2D eigenvalue weighted by Gasteiger charge is 2.42. The summed E-state index contributed by atoms with van der Waals surface area (Å²) < 4.78 is 0. The molecule has 43 heavy (non-hydrogen) atoms. The molecule has 3 aromatic carbocycles. The van der Waals surface area contributed by atoms with Crippen molar-refractivity contribution in [3.05, 3.63) is 72.8 Å². The van der Waals surface area contributed by atoms with Crippen LogP contribution in [0.2, 0.25) is 26.2 Å². The molecule has 0 amide bonds. The van der Waals surface area contributed by atoms with Crippen molar-refractivity contribution < 1.29 is 0 Å². The predicted molar refractivity (Wildman–Crippen MR) is 204 cm³/mol. The van der Waals surface area contributed by atoms with Crippen molar-refractivity contribution in [1.29, 1.82) is 0 Å². The van der Waals surface area contributed by atoms with Crippen LogP contribution in [0, 0.1) is 0 Å². The average Bonchev–Trinajstić information content (AvgIpc) is 2.90. The average molecular weight is 645 g/mol.